The molecule has 2 rings (SSSR count). The molecule has 17 heavy (non-hydrogen) atoms. The monoisotopic (exact) mass is 246 g/mol. The molecule has 0 saturated heterocycles. The van der Waals surface area contributed by atoms with Crippen molar-refractivity contribution in [2.45, 2.75) is 12.8 Å². The molecule has 0 atom stereocenters. The zero-order valence-electron chi connectivity index (χ0n) is 9.57. The van der Waals surface area contributed by atoms with Gasteiger partial charge in [-0.05, 0) is 30.5 Å². The third-order valence-corrected chi connectivity index (χ3v) is 2.72. The van der Waals surface area contributed by atoms with Crippen LogP contribution < -0.4 is 5.32 Å². The Labute approximate surface area is 107 Å². The van der Waals surface area contributed by atoms with Crippen LogP contribution in [-0.2, 0) is 6.42 Å². The van der Waals surface area contributed by atoms with E-state index in [0.717, 1.165) is 25.2 Å². The van der Waals surface area contributed by atoms with Crippen LogP contribution in [0.5, 0.6) is 0 Å². The second-order valence-electron chi connectivity index (χ2n) is 3.86. The van der Waals surface area contributed by atoms with Crippen molar-refractivity contribution < 1.29 is 0 Å². The first kappa shape index (κ1) is 11.9. The highest BCUT2D eigenvalue weighted by molar-refractivity contribution is 6.29. The summed E-state index contributed by atoms with van der Waals surface area (Å²) in [6, 6.07) is 16.1. The van der Waals surface area contributed by atoms with Crippen molar-refractivity contribution in [2.24, 2.45) is 0 Å². The van der Waals surface area contributed by atoms with Crippen molar-refractivity contribution in [1.29, 1.82) is 0 Å². The van der Waals surface area contributed by atoms with E-state index in [2.05, 4.69) is 34.6 Å². The molecule has 0 unspecified atom stereocenters. The summed E-state index contributed by atoms with van der Waals surface area (Å²) in [7, 11) is 0. The Kier molecular flexibility index (Phi) is 4.39. The minimum absolute atomic E-state index is 0.526. The zero-order valence-corrected chi connectivity index (χ0v) is 10.3. The summed E-state index contributed by atoms with van der Waals surface area (Å²) < 4.78 is 0. The molecule has 0 aliphatic heterocycles. The summed E-state index contributed by atoms with van der Waals surface area (Å²) in [5.74, 6) is 0.838. The van der Waals surface area contributed by atoms with Crippen molar-refractivity contribution in [2.75, 3.05) is 11.9 Å². The summed E-state index contributed by atoms with van der Waals surface area (Å²) in [5, 5.41) is 3.79. The molecule has 1 aromatic carbocycles. The highest BCUT2D eigenvalue weighted by atomic mass is 35.5. The number of nitrogens with zero attached hydrogens (tertiary/aromatic N) is 1. The predicted octanol–water partition coefficient (Wildman–Crippen LogP) is 3.78. The first-order valence-corrected chi connectivity index (χ1v) is 6.13. The third kappa shape index (κ3) is 4.08. The van der Waals surface area contributed by atoms with Gasteiger partial charge in [0.2, 0.25) is 0 Å². The average molecular weight is 247 g/mol. The first-order chi connectivity index (χ1) is 8.34. The number of hydrogen-bond donors (Lipinski definition) is 1. The maximum absolute atomic E-state index is 5.80. The summed E-state index contributed by atoms with van der Waals surface area (Å²) >= 11 is 5.80. The number of benzene rings is 1. The second-order valence-corrected chi connectivity index (χ2v) is 4.25. The second kappa shape index (κ2) is 6.26. The molecule has 0 aliphatic rings. The lowest BCUT2D eigenvalue weighted by Crippen LogP contribution is -2.04. The quantitative estimate of drug-likeness (QED) is 0.642. The van der Waals surface area contributed by atoms with Gasteiger partial charge in [0.25, 0.3) is 0 Å². The van der Waals surface area contributed by atoms with E-state index in [-0.39, 0.29) is 0 Å². The van der Waals surface area contributed by atoms with Crippen molar-refractivity contribution in [3.63, 3.8) is 0 Å². The molecule has 0 bridgehead atoms. The highest BCUT2D eigenvalue weighted by Gasteiger charge is 1.95. The van der Waals surface area contributed by atoms with Gasteiger partial charge in [0.05, 0.1) is 0 Å². The van der Waals surface area contributed by atoms with Crippen molar-refractivity contribution in [3.8, 4) is 0 Å². The van der Waals surface area contributed by atoms with Crippen LogP contribution in [0.15, 0.2) is 48.5 Å². The van der Waals surface area contributed by atoms with E-state index in [0.29, 0.717) is 5.15 Å². The molecule has 1 aromatic heterocycles. The van der Waals surface area contributed by atoms with E-state index < -0.39 is 0 Å². The van der Waals surface area contributed by atoms with Gasteiger partial charge in [0.1, 0.15) is 11.0 Å². The Balaban J connectivity index is 1.73. The molecule has 0 aliphatic carbocycles. The molecule has 1 N–H and O–H groups in total. The van der Waals surface area contributed by atoms with Crippen LogP contribution in [0, 0.1) is 0 Å². The van der Waals surface area contributed by atoms with Gasteiger partial charge in [-0.3, -0.25) is 0 Å². The Hall–Kier alpha value is -1.54. The van der Waals surface area contributed by atoms with E-state index in [1.165, 1.54) is 5.56 Å². The lowest BCUT2D eigenvalue weighted by molar-refractivity contribution is 0.859. The van der Waals surface area contributed by atoms with E-state index in [4.69, 9.17) is 11.6 Å². The van der Waals surface area contributed by atoms with Gasteiger partial charge in [-0.15, -0.1) is 0 Å². The molecular formula is C14H15ClN2. The predicted molar refractivity (Wildman–Crippen MR) is 72.5 cm³/mol. The first-order valence-electron chi connectivity index (χ1n) is 5.75. The molecule has 0 fully saturated rings. The summed E-state index contributed by atoms with van der Waals surface area (Å²) in [4.78, 5) is 4.17. The summed E-state index contributed by atoms with van der Waals surface area (Å²) in [6.07, 6.45) is 2.16. The Morgan fingerprint density at radius 2 is 1.82 bits per heavy atom. The fourth-order valence-electron chi connectivity index (χ4n) is 1.66. The van der Waals surface area contributed by atoms with Crippen LogP contribution in [0.3, 0.4) is 0 Å². The molecule has 3 heteroatoms. The fraction of sp³-hybridized carbons (Fsp3) is 0.214. The van der Waals surface area contributed by atoms with Gasteiger partial charge in [-0.1, -0.05) is 48.0 Å². The minimum atomic E-state index is 0.526. The molecule has 0 saturated carbocycles. The van der Waals surface area contributed by atoms with E-state index in [9.17, 15) is 0 Å². The number of aryl methyl sites for hydroxylation is 1. The summed E-state index contributed by atoms with van der Waals surface area (Å²) in [6.45, 7) is 0.905. The van der Waals surface area contributed by atoms with Crippen LogP contribution in [0.4, 0.5) is 5.82 Å². The van der Waals surface area contributed by atoms with E-state index in [1.807, 2.05) is 18.2 Å². The summed E-state index contributed by atoms with van der Waals surface area (Å²) in [5.41, 5.74) is 1.37. The normalized spacial score (nSPS) is 10.2. The van der Waals surface area contributed by atoms with Crippen molar-refractivity contribution in [3.05, 3.63) is 59.2 Å². The Morgan fingerprint density at radius 1 is 1.00 bits per heavy atom. The number of nitrogens with one attached hydrogen (secondary N) is 1. The zero-order chi connectivity index (χ0) is 11.9. The van der Waals surface area contributed by atoms with E-state index >= 15 is 0 Å². The largest absolute Gasteiger partial charge is 0.370 e. The van der Waals surface area contributed by atoms with Crippen molar-refractivity contribution >= 4 is 17.4 Å². The lowest BCUT2D eigenvalue weighted by atomic mass is 10.1. The molecule has 2 aromatic rings. The van der Waals surface area contributed by atoms with Gasteiger partial charge in [0, 0.05) is 6.54 Å². The standard InChI is InChI=1S/C14H15ClN2/c15-13-9-4-10-14(17-13)16-11-5-8-12-6-2-1-3-7-12/h1-4,6-7,9-10H,5,8,11H2,(H,16,17). The number of pyridine rings is 1. The topological polar surface area (TPSA) is 24.9 Å². The smallest absolute Gasteiger partial charge is 0.131 e. The average Bonchev–Trinajstić information content (AvgIpc) is 2.36. The molecular weight excluding hydrogens is 232 g/mol. The molecule has 2 nitrogen and oxygen atoms in total. The van der Waals surface area contributed by atoms with Crippen LogP contribution in [-0.4, -0.2) is 11.5 Å². The molecule has 0 spiro atoms. The van der Waals surface area contributed by atoms with Gasteiger partial charge >= 0.3 is 0 Å². The molecule has 88 valence electrons. The number of aromatic nitrogens is 1. The SMILES string of the molecule is Clc1cccc(NCCCc2ccccc2)n1. The third-order valence-electron chi connectivity index (χ3n) is 2.51. The highest BCUT2D eigenvalue weighted by Crippen LogP contribution is 2.09. The Morgan fingerprint density at radius 3 is 2.59 bits per heavy atom. The van der Waals surface area contributed by atoms with Crippen LogP contribution >= 0.6 is 11.6 Å². The number of rotatable bonds is 5. The number of anilines is 1. The van der Waals surface area contributed by atoms with Gasteiger partial charge in [-0.2, -0.15) is 0 Å². The van der Waals surface area contributed by atoms with Gasteiger partial charge in [0.15, 0.2) is 0 Å². The van der Waals surface area contributed by atoms with Gasteiger partial charge < -0.3 is 5.32 Å². The van der Waals surface area contributed by atoms with Crippen LogP contribution in [0.2, 0.25) is 5.15 Å². The maximum atomic E-state index is 5.80. The maximum Gasteiger partial charge on any atom is 0.131 e. The fourth-order valence-corrected chi connectivity index (χ4v) is 1.82. The lowest BCUT2D eigenvalue weighted by Gasteiger charge is -2.05. The van der Waals surface area contributed by atoms with Crippen LogP contribution in [0.1, 0.15) is 12.0 Å². The molecule has 0 amide bonds. The minimum Gasteiger partial charge on any atom is -0.370 e. The van der Waals surface area contributed by atoms with Crippen LogP contribution in [0.25, 0.3) is 0 Å². The molecule has 0 radical (unpaired) electrons. The van der Waals surface area contributed by atoms with Crippen molar-refractivity contribution in [1.82, 2.24) is 4.98 Å². The number of halogens is 1. The number of hydrogen-bond acceptors (Lipinski definition) is 2. The Bertz CT molecular complexity index is 457. The van der Waals surface area contributed by atoms with Gasteiger partial charge in [-0.25, -0.2) is 4.98 Å². The van der Waals surface area contributed by atoms with E-state index in [1.54, 1.807) is 6.07 Å². The molecule has 1 heterocycles.